The highest BCUT2D eigenvalue weighted by Gasteiger charge is 2.13. The lowest BCUT2D eigenvalue weighted by molar-refractivity contribution is 0.102. The molecule has 0 spiro atoms. The second-order valence-electron chi connectivity index (χ2n) is 3.53. The minimum Gasteiger partial charge on any atom is -0.360 e. The normalized spacial score (nSPS) is 10.3. The smallest absolute Gasteiger partial charge is 0.286 e. The second kappa shape index (κ2) is 6.07. The van der Waals surface area contributed by atoms with Crippen LogP contribution in [0.2, 0.25) is 0 Å². The molecule has 0 atom stereocenters. The van der Waals surface area contributed by atoms with Gasteiger partial charge in [0.1, 0.15) is 5.82 Å². The zero-order chi connectivity index (χ0) is 13.8. The molecule has 0 aliphatic carbocycles. The number of anilines is 2. The van der Waals surface area contributed by atoms with Crippen LogP contribution in [0.25, 0.3) is 0 Å². The van der Waals surface area contributed by atoms with E-state index in [0.29, 0.717) is 21.8 Å². The molecule has 19 heavy (non-hydrogen) atoms. The third-order valence-electron chi connectivity index (χ3n) is 2.12. The van der Waals surface area contributed by atoms with E-state index in [0.717, 1.165) is 11.3 Å². The summed E-state index contributed by atoms with van der Waals surface area (Å²) in [5, 5.41) is 13.9. The Bertz CT molecular complexity index is 604. The van der Waals surface area contributed by atoms with Crippen molar-refractivity contribution in [3.8, 4) is 0 Å². The summed E-state index contributed by atoms with van der Waals surface area (Å²) < 4.78 is 13.6. The van der Waals surface area contributed by atoms with E-state index < -0.39 is 11.7 Å². The van der Waals surface area contributed by atoms with Crippen LogP contribution < -0.4 is 10.6 Å². The van der Waals surface area contributed by atoms with E-state index >= 15 is 0 Å². The average Bonchev–Trinajstić information content (AvgIpc) is 2.83. The molecule has 0 saturated heterocycles. The molecule has 2 rings (SSSR count). The molecule has 1 amide bonds. The van der Waals surface area contributed by atoms with Crippen LogP contribution in [-0.4, -0.2) is 22.6 Å². The Morgan fingerprint density at radius 2 is 2.26 bits per heavy atom. The fourth-order valence-corrected chi connectivity index (χ4v) is 2.25. The topological polar surface area (TPSA) is 66.9 Å². The Labute approximate surface area is 121 Å². The average molecular weight is 345 g/mol. The van der Waals surface area contributed by atoms with Crippen molar-refractivity contribution < 1.29 is 9.18 Å². The largest absolute Gasteiger partial charge is 0.360 e. The van der Waals surface area contributed by atoms with Gasteiger partial charge in [0.25, 0.3) is 5.91 Å². The molecule has 0 saturated carbocycles. The van der Waals surface area contributed by atoms with Crippen molar-refractivity contribution in [3.05, 3.63) is 33.5 Å². The molecular weight excluding hydrogens is 335 g/mol. The summed E-state index contributed by atoms with van der Waals surface area (Å²) in [5.41, 5.74) is 0.367. The van der Waals surface area contributed by atoms with Gasteiger partial charge >= 0.3 is 0 Å². The second-order valence-corrected chi connectivity index (χ2v) is 5.36. The molecule has 1 aromatic heterocycles. The number of amides is 1. The molecule has 1 heterocycles. The summed E-state index contributed by atoms with van der Waals surface area (Å²) in [4.78, 5) is 11.9. The lowest BCUT2D eigenvalue weighted by Gasteiger charge is -2.03. The van der Waals surface area contributed by atoms with Crippen LogP contribution in [-0.2, 0) is 0 Å². The molecule has 5 nitrogen and oxygen atoms in total. The van der Waals surface area contributed by atoms with Crippen LogP contribution in [0.4, 0.5) is 15.2 Å². The molecule has 0 aliphatic rings. The number of halogens is 2. The highest BCUT2D eigenvalue weighted by atomic mass is 79.9. The van der Waals surface area contributed by atoms with Crippen molar-refractivity contribution in [1.29, 1.82) is 0 Å². The minimum atomic E-state index is -0.441. The molecule has 2 N–H and O–H groups in total. The van der Waals surface area contributed by atoms with Crippen LogP contribution in [0.15, 0.2) is 22.7 Å². The maximum absolute atomic E-state index is 13.3. The predicted molar refractivity (Wildman–Crippen MR) is 76.1 cm³/mol. The molecule has 0 fully saturated rings. The number of hydrogen-bond acceptors (Lipinski definition) is 5. The summed E-state index contributed by atoms with van der Waals surface area (Å²) in [6.07, 6.45) is 0. The van der Waals surface area contributed by atoms with Crippen molar-refractivity contribution in [3.63, 3.8) is 0 Å². The van der Waals surface area contributed by atoms with Crippen molar-refractivity contribution in [2.45, 2.75) is 6.92 Å². The summed E-state index contributed by atoms with van der Waals surface area (Å²) in [6, 6.07) is 4.35. The molecule has 0 radical (unpaired) electrons. The molecule has 100 valence electrons. The number of carbonyl (C=O) groups is 1. The SMILES string of the molecule is CCNc1nnc(C(=O)Nc2ccc(Br)c(F)c2)s1. The van der Waals surface area contributed by atoms with Crippen LogP contribution in [0.5, 0.6) is 0 Å². The van der Waals surface area contributed by atoms with Crippen LogP contribution in [0.1, 0.15) is 16.7 Å². The quantitative estimate of drug-likeness (QED) is 0.894. The van der Waals surface area contributed by atoms with Gasteiger partial charge < -0.3 is 10.6 Å². The fourth-order valence-electron chi connectivity index (χ4n) is 1.30. The van der Waals surface area contributed by atoms with Crippen LogP contribution >= 0.6 is 27.3 Å². The maximum atomic E-state index is 13.3. The lowest BCUT2D eigenvalue weighted by Crippen LogP contribution is -2.11. The van der Waals surface area contributed by atoms with Crippen molar-refractivity contribution >= 4 is 44.0 Å². The van der Waals surface area contributed by atoms with Gasteiger partial charge in [-0.25, -0.2) is 4.39 Å². The Morgan fingerprint density at radius 3 is 2.95 bits per heavy atom. The van der Waals surface area contributed by atoms with Gasteiger partial charge in [0.05, 0.1) is 4.47 Å². The van der Waals surface area contributed by atoms with E-state index in [9.17, 15) is 9.18 Å². The first-order chi connectivity index (χ1) is 9.10. The van der Waals surface area contributed by atoms with E-state index in [1.54, 1.807) is 6.07 Å². The Morgan fingerprint density at radius 1 is 1.47 bits per heavy atom. The minimum absolute atomic E-state index is 0.222. The van der Waals surface area contributed by atoms with Crippen molar-refractivity contribution in [2.75, 3.05) is 17.2 Å². The van der Waals surface area contributed by atoms with Gasteiger partial charge in [-0.1, -0.05) is 11.3 Å². The molecule has 0 aliphatic heterocycles. The first-order valence-electron chi connectivity index (χ1n) is 5.44. The Balaban J connectivity index is 2.09. The Hall–Kier alpha value is -1.54. The van der Waals surface area contributed by atoms with Gasteiger partial charge in [-0.2, -0.15) is 0 Å². The van der Waals surface area contributed by atoms with Gasteiger partial charge in [-0.15, -0.1) is 10.2 Å². The number of nitrogens with one attached hydrogen (secondary N) is 2. The molecule has 0 bridgehead atoms. The molecule has 0 unspecified atom stereocenters. The summed E-state index contributed by atoms with van der Waals surface area (Å²) >= 11 is 4.19. The molecule has 8 heteroatoms. The van der Waals surface area contributed by atoms with E-state index in [1.165, 1.54) is 12.1 Å². The lowest BCUT2D eigenvalue weighted by atomic mass is 10.3. The van der Waals surface area contributed by atoms with E-state index in [-0.39, 0.29) is 5.01 Å². The number of rotatable bonds is 4. The number of nitrogens with zero attached hydrogens (tertiary/aromatic N) is 2. The van der Waals surface area contributed by atoms with Gasteiger partial charge in [-0.05, 0) is 41.1 Å². The highest BCUT2D eigenvalue weighted by Crippen LogP contribution is 2.21. The van der Waals surface area contributed by atoms with Gasteiger partial charge in [-0.3, -0.25) is 4.79 Å². The van der Waals surface area contributed by atoms with E-state index in [4.69, 9.17) is 0 Å². The maximum Gasteiger partial charge on any atom is 0.286 e. The highest BCUT2D eigenvalue weighted by molar-refractivity contribution is 9.10. The monoisotopic (exact) mass is 344 g/mol. The zero-order valence-electron chi connectivity index (χ0n) is 9.91. The fraction of sp³-hybridized carbons (Fsp3) is 0.182. The first-order valence-corrected chi connectivity index (χ1v) is 7.05. The first kappa shape index (κ1) is 13.9. The van der Waals surface area contributed by atoms with Gasteiger partial charge in [0.15, 0.2) is 0 Å². The molecular formula is C11H10BrFN4OS. The third-order valence-corrected chi connectivity index (χ3v) is 3.65. The third kappa shape index (κ3) is 3.48. The number of benzene rings is 1. The van der Waals surface area contributed by atoms with Crippen LogP contribution in [0.3, 0.4) is 0 Å². The standard InChI is InChI=1S/C11H10BrFN4OS/c1-2-14-11-17-16-10(19-11)9(18)15-6-3-4-7(12)8(13)5-6/h3-5H,2H2,1H3,(H,14,17)(H,15,18). The molecule has 1 aromatic carbocycles. The summed E-state index contributed by atoms with van der Waals surface area (Å²) in [5.74, 6) is -0.855. The van der Waals surface area contributed by atoms with Gasteiger partial charge in [0.2, 0.25) is 10.1 Å². The number of hydrogen-bond donors (Lipinski definition) is 2. The van der Waals surface area contributed by atoms with Crippen molar-refractivity contribution in [2.24, 2.45) is 0 Å². The summed E-state index contributed by atoms with van der Waals surface area (Å²) in [6.45, 7) is 2.62. The molecule has 2 aromatic rings. The number of carbonyl (C=O) groups excluding carboxylic acids is 1. The van der Waals surface area contributed by atoms with E-state index in [2.05, 4.69) is 36.8 Å². The van der Waals surface area contributed by atoms with Gasteiger partial charge in [0, 0.05) is 12.2 Å². The van der Waals surface area contributed by atoms with Crippen molar-refractivity contribution in [1.82, 2.24) is 10.2 Å². The van der Waals surface area contributed by atoms with E-state index in [1.807, 2.05) is 6.92 Å². The number of aromatic nitrogens is 2. The predicted octanol–water partition coefficient (Wildman–Crippen LogP) is 3.12. The summed E-state index contributed by atoms with van der Waals surface area (Å²) in [7, 11) is 0. The Kier molecular flexibility index (Phi) is 4.43. The van der Waals surface area contributed by atoms with Crippen LogP contribution in [0, 0.1) is 5.82 Å². The zero-order valence-corrected chi connectivity index (χ0v) is 12.3.